The molecular formula is C30H30O7. The van der Waals surface area contributed by atoms with Gasteiger partial charge in [-0.1, -0.05) is 54.1 Å². The summed E-state index contributed by atoms with van der Waals surface area (Å²) in [5.41, 5.74) is 3.01. The van der Waals surface area contributed by atoms with E-state index in [4.69, 9.17) is 9.47 Å². The van der Waals surface area contributed by atoms with E-state index in [-0.39, 0.29) is 29.4 Å². The van der Waals surface area contributed by atoms with Gasteiger partial charge in [-0.2, -0.15) is 0 Å². The molecule has 2 atom stereocenters. The van der Waals surface area contributed by atoms with Crippen LogP contribution >= 0.6 is 0 Å². The van der Waals surface area contributed by atoms with Gasteiger partial charge in [-0.3, -0.25) is 9.59 Å². The zero-order valence-electron chi connectivity index (χ0n) is 20.9. The smallest absolute Gasteiger partial charge is 0.169 e. The molecule has 2 unspecified atom stereocenters. The van der Waals surface area contributed by atoms with Gasteiger partial charge in [0.2, 0.25) is 0 Å². The third-order valence-corrected chi connectivity index (χ3v) is 5.85. The van der Waals surface area contributed by atoms with Crippen molar-refractivity contribution in [1.82, 2.24) is 0 Å². The van der Waals surface area contributed by atoms with Crippen LogP contribution in [0.5, 0.6) is 23.0 Å². The molecule has 3 aromatic rings. The van der Waals surface area contributed by atoms with Gasteiger partial charge in [0.1, 0.15) is 5.92 Å². The first-order chi connectivity index (χ1) is 17.7. The molecule has 0 heterocycles. The Bertz CT molecular complexity index is 1230. The molecular weight excluding hydrogens is 472 g/mol. The number of aryl methyl sites for hydroxylation is 1. The van der Waals surface area contributed by atoms with Gasteiger partial charge in [-0.25, -0.2) is 0 Å². The largest absolute Gasteiger partial charge is 0.504 e. The van der Waals surface area contributed by atoms with E-state index < -0.39 is 23.6 Å². The maximum atomic E-state index is 13.2. The van der Waals surface area contributed by atoms with Crippen molar-refractivity contribution < 1.29 is 34.4 Å². The number of rotatable bonds is 11. The van der Waals surface area contributed by atoms with Crippen LogP contribution < -0.4 is 9.47 Å². The summed E-state index contributed by atoms with van der Waals surface area (Å²) >= 11 is 0. The van der Waals surface area contributed by atoms with E-state index in [1.165, 1.54) is 50.7 Å². The van der Waals surface area contributed by atoms with Gasteiger partial charge in [0.25, 0.3) is 0 Å². The van der Waals surface area contributed by atoms with E-state index in [2.05, 4.69) is 0 Å². The van der Waals surface area contributed by atoms with Gasteiger partial charge in [0.05, 0.1) is 20.3 Å². The van der Waals surface area contributed by atoms with Crippen LogP contribution in [0.15, 0.2) is 72.8 Å². The van der Waals surface area contributed by atoms with Crippen LogP contribution in [-0.2, 0) is 16.0 Å². The summed E-state index contributed by atoms with van der Waals surface area (Å²) in [5.74, 6) is -2.06. The van der Waals surface area contributed by atoms with E-state index in [0.29, 0.717) is 11.1 Å². The zero-order chi connectivity index (χ0) is 26.9. The first-order valence-corrected chi connectivity index (χ1v) is 11.6. The van der Waals surface area contributed by atoms with Gasteiger partial charge < -0.3 is 24.8 Å². The van der Waals surface area contributed by atoms with E-state index in [0.717, 1.165) is 11.1 Å². The number of ether oxygens (including phenoxy) is 2. The number of hydrogen-bond acceptors (Lipinski definition) is 7. The number of carbonyl (C=O) groups is 2. The van der Waals surface area contributed by atoms with Gasteiger partial charge in [-0.05, 0) is 66.5 Å². The highest BCUT2D eigenvalue weighted by Crippen LogP contribution is 2.28. The first kappa shape index (κ1) is 27.2. The van der Waals surface area contributed by atoms with Crippen molar-refractivity contribution in [1.29, 1.82) is 0 Å². The van der Waals surface area contributed by atoms with Crippen LogP contribution in [0.4, 0.5) is 0 Å². The summed E-state index contributed by atoms with van der Waals surface area (Å²) in [6.07, 6.45) is 4.33. The fraction of sp³-hybridized carbons (Fsp3) is 0.200. The highest BCUT2D eigenvalue weighted by atomic mass is 16.5. The average Bonchev–Trinajstić information content (AvgIpc) is 2.89. The fourth-order valence-electron chi connectivity index (χ4n) is 3.76. The Kier molecular flexibility index (Phi) is 9.24. The van der Waals surface area contributed by atoms with Crippen molar-refractivity contribution in [3.8, 4) is 23.0 Å². The Balaban J connectivity index is 1.87. The topological polar surface area (TPSA) is 113 Å². The second kappa shape index (κ2) is 12.6. The van der Waals surface area contributed by atoms with Crippen molar-refractivity contribution in [2.45, 2.75) is 19.4 Å². The van der Waals surface area contributed by atoms with Gasteiger partial charge in [0, 0.05) is 0 Å². The van der Waals surface area contributed by atoms with Crippen LogP contribution in [0.25, 0.3) is 12.2 Å². The third-order valence-electron chi connectivity index (χ3n) is 5.85. The molecule has 0 saturated heterocycles. The van der Waals surface area contributed by atoms with Crippen LogP contribution in [0, 0.1) is 12.8 Å². The SMILES string of the molecule is COc1cc(/C=C\C(=O)C(C(=O)/C=C/c2ccc(O)c(OC)c2)C(O)Cc2ccc(C)cc2)ccc1O. The minimum absolute atomic E-state index is 0.0384. The number of phenolic OH excluding ortho intramolecular Hbond substituents is 2. The summed E-state index contributed by atoms with van der Waals surface area (Å²) in [6.45, 7) is 1.95. The molecule has 3 rings (SSSR count). The van der Waals surface area contributed by atoms with E-state index >= 15 is 0 Å². The summed E-state index contributed by atoms with van der Waals surface area (Å²) in [5, 5.41) is 30.6. The molecule has 0 aliphatic rings. The molecule has 0 fully saturated rings. The normalized spacial score (nSPS) is 13.0. The first-order valence-electron chi connectivity index (χ1n) is 11.6. The maximum Gasteiger partial charge on any atom is 0.169 e. The fourth-order valence-corrected chi connectivity index (χ4v) is 3.76. The molecule has 0 spiro atoms. The molecule has 0 radical (unpaired) electrons. The van der Waals surface area contributed by atoms with Crippen molar-refractivity contribution in [3.63, 3.8) is 0 Å². The summed E-state index contributed by atoms with van der Waals surface area (Å²) in [7, 11) is 2.83. The van der Waals surface area contributed by atoms with Crippen LogP contribution in [0.2, 0.25) is 0 Å². The molecule has 37 heavy (non-hydrogen) atoms. The van der Waals surface area contributed by atoms with Gasteiger partial charge in [-0.15, -0.1) is 0 Å². The van der Waals surface area contributed by atoms with Crippen molar-refractivity contribution in [3.05, 3.63) is 95.1 Å². The molecule has 0 saturated carbocycles. The Morgan fingerprint density at radius 1 is 0.784 bits per heavy atom. The summed E-state index contributed by atoms with van der Waals surface area (Å²) in [4.78, 5) is 26.4. The summed E-state index contributed by atoms with van der Waals surface area (Å²) < 4.78 is 10.2. The lowest BCUT2D eigenvalue weighted by Crippen LogP contribution is -2.35. The Morgan fingerprint density at radius 2 is 1.24 bits per heavy atom. The molecule has 0 bridgehead atoms. The Labute approximate surface area is 215 Å². The lowest BCUT2D eigenvalue weighted by Gasteiger charge is -2.19. The molecule has 0 amide bonds. The molecule has 192 valence electrons. The number of allylic oxidation sites excluding steroid dienone is 2. The van der Waals surface area contributed by atoms with E-state index in [1.54, 1.807) is 24.3 Å². The number of benzene rings is 3. The third kappa shape index (κ3) is 7.32. The number of ketones is 2. The standard InChI is InChI=1S/C30H30O7/c1-19-4-6-20(7-5-19)16-27(35)30(25(33)14-10-21-8-12-23(31)28(17-21)36-2)26(34)15-11-22-9-13-24(32)29(18-22)37-3/h4-15,17-18,27,30-32,35H,16H2,1-3H3/b14-10-,15-11+. The van der Waals surface area contributed by atoms with Crippen molar-refractivity contribution in [2.24, 2.45) is 5.92 Å². The molecule has 3 N–H and O–H groups in total. The highest BCUT2D eigenvalue weighted by Gasteiger charge is 2.31. The van der Waals surface area contributed by atoms with Crippen LogP contribution in [0.3, 0.4) is 0 Å². The number of carbonyl (C=O) groups excluding carboxylic acids is 2. The monoisotopic (exact) mass is 502 g/mol. The van der Waals surface area contributed by atoms with E-state index in [1.807, 2.05) is 31.2 Å². The number of phenols is 2. The zero-order valence-corrected chi connectivity index (χ0v) is 20.9. The Morgan fingerprint density at radius 3 is 1.68 bits per heavy atom. The van der Waals surface area contributed by atoms with Gasteiger partial charge >= 0.3 is 0 Å². The van der Waals surface area contributed by atoms with E-state index in [9.17, 15) is 24.9 Å². The number of methoxy groups -OCH3 is 2. The highest BCUT2D eigenvalue weighted by molar-refractivity contribution is 6.14. The second-order valence-electron chi connectivity index (χ2n) is 8.57. The van der Waals surface area contributed by atoms with Crippen molar-refractivity contribution >= 4 is 23.7 Å². The molecule has 0 aliphatic carbocycles. The average molecular weight is 503 g/mol. The summed E-state index contributed by atoms with van der Waals surface area (Å²) in [6, 6.07) is 16.7. The number of aliphatic hydroxyl groups excluding tert-OH is 1. The quantitative estimate of drug-likeness (QED) is 0.261. The minimum atomic E-state index is -1.34. The Hall–Kier alpha value is -4.36. The molecule has 7 nitrogen and oxygen atoms in total. The predicted molar refractivity (Wildman–Crippen MR) is 142 cm³/mol. The number of aliphatic hydroxyl groups is 1. The van der Waals surface area contributed by atoms with Crippen LogP contribution in [-0.4, -0.2) is 47.2 Å². The molecule has 0 aromatic heterocycles. The van der Waals surface area contributed by atoms with Gasteiger partial charge in [0.15, 0.2) is 34.6 Å². The molecule has 3 aromatic carbocycles. The lowest BCUT2D eigenvalue weighted by atomic mass is 9.87. The van der Waals surface area contributed by atoms with Crippen molar-refractivity contribution in [2.75, 3.05) is 14.2 Å². The lowest BCUT2D eigenvalue weighted by molar-refractivity contribution is -0.131. The molecule has 7 heteroatoms. The minimum Gasteiger partial charge on any atom is -0.504 e. The maximum absolute atomic E-state index is 13.2. The second-order valence-corrected chi connectivity index (χ2v) is 8.57. The van der Waals surface area contributed by atoms with Crippen LogP contribution in [0.1, 0.15) is 22.3 Å². The number of hydrogen-bond donors (Lipinski definition) is 3. The number of aromatic hydroxyl groups is 2. The molecule has 0 aliphatic heterocycles. The predicted octanol–water partition coefficient (Wildman–Crippen LogP) is 4.51.